The zero-order valence-electron chi connectivity index (χ0n) is 35.2. The Hall–Kier alpha value is -5.99. The molecule has 3 heterocycles. The van der Waals surface area contributed by atoms with Gasteiger partial charge in [-0.3, -0.25) is 24.6 Å². The Morgan fingerprint density at radius 3 is 2.32 bits per heavy atom. The zero-order valence-corrected chi connectivity index (χ0v) is 36.8. The number of nitro groups is 1. The van der Waals surface area contributed by atoms with Gasteiger partial charge in [0.15, 0.2) is 5.82 Å². The summed E-state index contributed by atoms with van der Waals surface area (Å²) in [5.41, 5.74) is 4.04. The Balaban J connectivity index is 0.918. The van der Waals surface area contributed by atoms with Crippen LogP contribution in [0.1, 0.15) is 12.0 Å². The number of nitro benzene ring substituents is 1. The van der Waals surface area contributed by atoms with Crippen LogP contribution in [0.15, 0.2) is 131 Å². The van der Waals surface area contributed by atoms with Crippen molar-refractivity contribution in [2.75, 3.05) is 79.7 Å². The molecule has 0 aliphatic carbocycles. The maximum absolute atomic E-state index is 13.8. The summed E-state index contributed by atoms with van der Waals surface area (Å²) in [6.45, 7) is 7.25. The SMILES string of the molecule is O=[N+]([O-])c1cc(S(=O)(=O)Nc2ncnc3cc(N4CCN(Cc5ccccc5-c5ccc(OC(F)(F)F)cc5)CC4)ccc23)ccc1NC(CCN1CCOCC1)CSc1ccccc1. The second-order valence-electron chi connectivity index (χ2n) is 15.7. The summed E-state index contributed by atoms with van der Waals surface area (Å²) in [6.07, 6.45) is -2.77. The molecule has 5 aromatic carbocycles. The highest BCUT2D eigenvalue weighted by atomic mass is 32.2. The number of morpholine rings is 1. The van der Waals surface area contributed by atoms with Crippen molar-refractivity contribution >= 4 is 55.6 Å². The third-order valence-electron chi connectivity index (χ3n) is 11.3. The van der Waals surface area contributed by atoms with Gasteiger partial charge in [-0.2, -0.15) is 0 Å². The third-order valence-corrected chi connectivity index (χ3v) is 13.8. The summed E-state index contributed by atoms with van der Waals surface area (Å²) in [5, 5.41) is 16.3. The Kier molecular flexibility index (Phi) is 14.3. The lowest BCUT2D eigenvalue weighted by atomic mass is 9.99. The van der Waals surface area contributed by atoms with Gasteiger partial charge >= 0.3 is 6.36 Å². The molecule has 8 rings (SSSR count). The van der Waals surface area contributed by atoms with Crippen molar-refractivity contribution < 1.29 is 36.0 Å². The predicted octanol–water partition coefficient (Wildman–Crippen LogP) is 8.52. The fourth-order valence-electron chi connectivity index (χ4n) is 7.94. The van der Waals surface area contributed by atoms with Crippen molar-refractivity contribution in [2.24, 2.45) is 0 Å². The average molecular weight is 929 g/mol. The van der Waals surface area contributed by atoms with E-state index in [1.807, 2.05) is 66.7 Å². The number of hydrogen-bond acceptors (Lipinski definition) is 13. The Morgan fingerprint density at radius 1 is 0.846 bits per heavy atom. The van der Waals surface area contributed by atoms with E-state index in [2.05, 4.69) is 39.4 Å². The standard InChI is InChI=1S/C46H47F3N8O6S2/c47-46(48,49)63-37-13-10-33(11-14-37)40-9-5-4-6-34(40)30-55-20-22-56(23-21-55)36-12-16-41-43(28-36)50-32-51-45(41)53-65(60,61)39-15-17-42(44(29-39)57(58)59)52-35(18-19-54-24-26-62-27-25-54)31-64-38-7-2-1-3-8-38/h1-17,28-29,32,35,52H,18-27,30-31H2,(H,50,51,53). The number of hydrogen-bond donors (Lipinski definition) is 2. The molecular weight excluding hydrogens is 882 g/mol. The monoisotopic (exact) mass is 928 g/mol. The fourth-order valence-corrected chi connectivity index (χ4v) is 9.98. The molecule has 0 bridgehead atoms. The van der Waals surface area contributed by atoms with E-state index < -0.39 is 21.3 Å². The number of benzene rings is 5. The van der Waals surface area contributed by atoms with E-state index in [4.69, 9.17) is 4.74 Å². The van der Waals surface area contributed by atoms with Crippen LogP contribution in [0.5, 0.6) is 5.75 Å². The van der Waals surface area contributed by atoms with Crippen LogP contribution in [0, 0.1) is 10.1 Å². The quantitative estimate of drug-likeness (QED) is 0.0511. The molecule has 0 saturated carbocycles. The Labute approximate surface area is 379 Å². The molecule has 2 fully saturated rings. The van der Waals surface area contributed by atoms with Gasteiger partial charge in [-0.1, -0.05) is 54.6 Å². The molecule has 1 atom stereocenters. The van der Waals surface area contributed by atoms with Crippen molar-refractivity contribution in [2.45, 2.75) is 35.2 Å². The number of halogens is 3. The van der Waals surface area contributed by atoms with Crippen LogP contribution in [-0.4, -0.2) is 110 Å². The van der Waals surface area contributed by atoms with Crippen molar-refractivity contribution in [1.82, 2.24) is 19.8 Å². The number of alkyl halides is 3. The second kappa shape index (κ2) is 20.5. The molecule has 65 heavy (non-hydrogen) atoms. The number of rotatable bonds is 17. The van der Waals surface area contributed by atoms with E-state index in [-0.39, 0.29) is 33.9 Å². The molecule has 1 unspecified atom stereocenters. The number of anilines is 3. The fraction of sp³-hybridized carbons (Fsp3) is 0.304. The lowest BCUT2D eigenvalue weighted by Gasteiger charge is -2.36. The van der Waals surface area contributed by atoms with E-state index in [0.29, 0.717) is 55.9 Å². The summed E-state index contributed by atoms with van der Waals surface area (Å²) in [5.74, 6) is 0.402. The topological polar surface area (TPSA) is 155 Å². The Bertz CT molecular complexity index is 2690. The summed E-state index contributed by atoms with van der Waals surface area (Å²) >= 11 is 1.65. The van der Waals surface area contributed by atoms with Gasteiger partial charge in [-0.25, -0.2) is 18.4 Å². The minimum absolute atomic E-state index is 0.0403. The molecule has 0 amide bonds. The molecule has 1 aromatic heterocycles. The molecule has 340 valence electrons. The number of fused-ring (bicyclic) bond motifs is 1. The lowest BCUT2D eigenvalue weighted by molar-refractivity contribution is -0.384. The van der Waals surface area contributed by atoms with Gasteiger partial charge in [0.05, 0.1) is 28.5 Å². The van der Waals surface area contributed by atoms with E-state index in [1.165, 1.54) is 30.6 Å². The summed E-state index contributed by atoms with van der Waals surface area (Å²) in [6, 6.07) is 32.8. The van der Waals surface area contributed by atoms with Crippen LogP contribution in [0.25, 0.3) is 22.0 Å². The summed E-state index contributed by atoms with van der Waals surface area (Å²) < 4.78 is 77.8. The van der Waals surface area contributed by atoms with Gasteiger partial charge in [0.2, 0.25) is 0 Å². The van der Waals surface area contributed by atoms with Gasteiger partial charge in [0.1, 0.15) is 17.8 Å². The summed E-state index contributed by atoms with van der Waals surface area (Å²) in [4.78, 5) is 28.2. The zero-order chi connectivity index (χ0) is 45.4. The van der Waals surface area contributed by atoms with Gasteiger partial charge in [-0.05, 0) is 77.7 Å². The number of nitrogens with zero attached hydrogens (tertiary/aromatic N) is 6. The van der Waals surface area contributed by atoms with E-state index >= 15 is 0 Å². The lowest BCUT2D eigenvalue weighted by Crippen LogP contribution is -2.46. The van der Waals surface area contributed by atoms with Crippen LogP contribution < -0.4 is 19.7 Å². The number of piperazine rings is 1. The Morgan fingerprint density at radius 2 is 1.58 bits per heavy atom. The highest BCUT2D eigenvalue weighted by Gasteiger charge is 2.31. The van der Waals surface area contributed by atoms with Gasteiger partial charge in [0, 0.05) is 86.2 Å². The van der Waals surface area contributed by atoms with E-state index in [9.17, 15) is 31.7 Å². The smallest absolute Gasteiger partial charge is 0.406 e. The minimum Gasteiger partial charge on any atom is -0.406 e. The molecule has 2 N–H and O–H groups in total. The first kappa shape index (κ1) is 45.6. The largest absolute Gasteiger partial charge is 0.573 e. The van der Waals surface area contributed by atoms with Crippen LogP contribution in [0.3, 0.4) is 0 Å². The first-order valence-electron chi connectivity index (χ1n) is 21.1. The molecule has 6 aromatic rings. The molecule has 2 saturated heterocycles. The maximum Gasteiger partial charge on any atom is 0.573 e. The van der Waals surface area contributed by atoms with Crippen molar-refractivity contribution in [3.05, 3.63) is 137 Å². The minimum atomic E-state index is -4.76. The van der Waals surface area contributed by atoms with Gasteiger partial charge in [0.25, 0.3) is 15.7 Å². The van der Waals surface area contributed by atoms with E-state index in [0.717, 1.165) is 66.1 Å². The van der Waals surface area contributed by atoms with Crippen LogP contribution >= 0.6 is 11.8 Å². The number of ether oxygens (including phenoxy) is 2. The normalized spacial score (nSPS) is 15.7. The number of thioether (sulfide) groups is 1. The molecule has 2 aliphatic heterocycles. The molecule has 0 spiro atoms. The summed E-state index contributed by atoms with van der Waals surface area (Å²) in [7, 11) is -4.33. The molecular formula is C46H47F3N8O6S2. The van der Waals surface area contributed by atoms with Crippen LogP contribution in [0.4, 0.5) is 36.1 Å². The van der Waals surface area contributed by atoms with Gasteiger partial charge < -0.3 is 19.7 Å². The highest BCUT2D eigenvalue weighted by molar-refractivity contribution is 7.99. The molecule has 0 radical (unpaired) electrons. The molecule has 2 aliphatic rings. The first-order valence-corrected chi connectivity index (χ1v) is 23.6. The molecule has 19 heteroatoms. The maximum atomic E-state index is 13.8. The average Bonchev–Trinajstić information content (AvgIpc) is 3.30. The number of sulfonamides is 1. The van der Waals surface area contributed by atoms with E-state index in [1.54, 1.807) is 30.0 Å². The number of nitrogens with one attached hydrogen (secondary N) is 2. The number of aromatic nitrogens is 2. The highest BCUT2D eigenvalue weighted by Crippen LogP contribution is 2.33. The van der Waals surface area contributed by atoms with Crippen molar-refractivity contribution in [1.29, 1.82) is 0 Å². The van der Waals surface area contributed by atoms with Crippen molar-refractivity contribution in [3.63, 3.8) is 0 Å². The first-order chi connectivity index (χ1) is 31.4. The van der Waals surface area contributed by atoms with Gasteiger partial charge in [-0.15, -0.1) is 24.9 Å². The third kappa shape index (κ3) is 12.0. The molecule has 14 nitrogen and oxygen atoms in total. The predicted molar refractivity (Wildman–Crippen MR) is 246 cm³/mol. The van der Waals surface area contributed by atoms with Crippen LogP contribution in [-0.2, 0) is 21.3 Å². The second-order valence-corrected chi connectivity index (χ2v) is 18.4. The van der Waals surface area contributed by atoms with Crippen molar-refractivity contribution in [3.8, 4) is 16.9 Å². The van der Waals surface area contributed by atoms with Crippen LogP contribution in [0.2, 0.25) is 0 Å².